The Balaban J connectivity index is 1.77. The molecule has 0 bridgehead atoms. The molecule has 1 aliphatic heterocycles. The predicted octanol–water partition coefficient (Wildman–Crippen LogP) is 2.28. The molecule has 6 nitrogen and oxygen atoms in total. The molecule has 1 amide bonds. The van der Waals surface area contributed by atoms with Crippen LogP contribution in [0, 0.1) is 0 Å². The van der Waals surface area contributed by atoms with Crippen molar-refractivity contribution in [3.05, 3.63) is 35.9 Å². The zero-order valence-electron chi connectivity index (χ0n) is 14.4. The lowest BCUT2D eigenvalue weighted by atomic mass is 10.0. The Morgan fingerprint density at radius 3 is 2.71 bits per heavy atom. The molecular formula is C18H26N2O4. The summed E-state index contributed by atoms with van der Waals surface area (Å²) < 4.78 is 10.2. The highest BCUT2D eigenvalue weighted by Crippen LogP contribution is 2.17. The number of amides is 1. The number of ether oxygens (including phenoxy) is 2. The molecule has 0 aromatic heterocycles. The number of benzene rings is 1. The molecule has 0 N–H and O–H groups in total. The Kier molecular flexibility index (Phi) is 7.06. The van der Waals surface area contributed by atoms with Gasteiger partial charge in [0.1, 0.15) is 12.6 Å². The van der Waals surface area contributed by atoms with E-state index >= 15 is 0 Å². The van der Waals surface area contributed by atoms with Crippen LogP contribution in [0.25, 0.3) is 0 Å². The number of hydrogen-bond donors (Lipinski definition) is 0. The van der Waals surface area contributed by atoms with Crippen LogP contribution in [-0.4, -0.2) is 61.7 Å². The van der Waals surface area contributed by atoms with Crippen molar-refractivity contribution >= 4 is 12.1 Å². The van der Waals surface area contributed by atoms with Crippen molar-refractivity contribution in [1.29, 1.82) is 0 Å². The van der Waals surface area contributed by atoms with Crippen molar-refractivity contribution in [2.45, 2.75) is 31.9 Å². The SMILES string of the molecule is COC(=O)C1CCCCN1CCN(C)C(=O)OCc1ccccc1. The lowest BCUT2D eigenvalue weighted by Crippen LogP contribution is -2.48. The van der Waals surface area contributed by atoms with E-state index in [4.69, 9.17) is 9.47 Å². The fraction of sp³-hybridized carbons (Fsp3) is 0.556. The molecule has 1 heterocycles. The van der Waals surface area contributed by atoms with Crippen molar-refractivity contribution in [3.8, 4) is 0 Å². The van der Waals surface area contributed by atoms with Crippen molar-refractivity contribution in [2.24, 2.45) is 0 Å². The van der Waals surface area contributed by atoms with E-state index in [-0.39, 0.29) is 24.7 Å². The zero-order chi connectivity index (χ0) is 17.4. The summed E-state index contributed by atoms with van der Waals surface area (Å²) in [5.74, 6) is -0.191. The Bertz CT molecular complexity index is 535. The molecule has 1 fully saturated rings. The maximum Gasteiger partial charge on any atom is 0.409 e. The van der Waals surface area contributed by atoms with Crippen LogP contribution >= 0.6 is 0 Å². The quantitative estimate of drug-likeness (QED) is 0.747. The summed E-state index contributed by atoms with van der Waals surface area (Å²) >= 11 is 0. The molecule has 1 saturated heterocycles. The number of piperidine rings is 1. The summed E-state index contributed by atoms with van der Waals surface area (Å²) in [5.41, 5.74) is 0.959. The average molecular weight is 334 g/mol. The van der Waals surface area contributed by atoms with Crippen LogP contribution in [0.1, 0.15) is 24.8 Å². The van der Waals surface area contributed by atoms with Gasteiger partial charge in [-0.15, -0.1) is 0 Å². The highest BCUT2D eigenvalue weighted by molar-refractivity contribution is 5.75. The van der Waals surface area contributed by atoms with Gasteiger partial charge in [0.25, 0.3) is 0 Å². The molecule has 0 radical (unpaired) electrons. The Morgan fingerprint density at radius 1 is 1.25 bits per heavy atom. The summed E-state index contributed by atoms with van der Waals surface area (Å²) in [6.45, 7) is 2.27. The maximum atomic E-state index is 12.1. The third kappa shape index (κ3) is 5.23. The van der Waals surface area contributed by atoms with Gasteiger partial charge in [-0.05, 0) is 24.9 Å². The van der Waals surface area contributed by atoms with Gasteiger partial charge in [-0.25, -0.2) is 4.79 Å². The number of esters is 1. The Hall–Kier alpha value is -2.08. The van der Waals surface area contributed by atoms with Crippen LogP contribution < -0.4 is 0 Å². The van der Waals surface area contributed by atoms with Crippen LogP contribution in [0.5, 0.6) is 0 Å². The molecule has 0 aliphatic carbocycles. The number of nitrogens with zero attached hydrogens (tertiary/aromatic N) is 2. The number of likely N-dealkylation sites (tertiary alicyclic amines) is 1. The van der Waals surface area contributed by atoms with E-state index in [1.54, 1.807) is 11.9 Å². The summed E-state index contributed by atoms with van der Waals surface area (Å²) in [6, 6.07) is 9.39. The van der Waals surface area contributed by atoms with Gasteiger partial charge in [0, 0.05) is 20.1 Å². The van der Waals surface area contributed by atoms with Crippen molar-refractivity contribution in [1.82, 2.24) is 9.80 Å². The van der Waals surface area contributed by atoms with Crippen molar-refractivity contribution in [3.63, 3.8) is 0 Å². The molecule has 1 unspecified atom stereocenters. The number of likely N-dealkylation sites (N-methyl/N-ethyl adjacent to an activating group) is 1. The molecule has 1 atom stereocenters. The second kappa shape index (κ2) is 9.27. The highest BCUT2D eigenvalue weighted by atomic mass is 16.6. The van der Waals surface area contributed by atoms with Gasteiger partial charge < -0.3 is 14.4 Å². The van der Waals surface area contributed by atoms with Gasteiger partial charge in [-0.2, -0.15) is 0 Å². The maximum absolute atomic E-state index is 12.1. The van der Waals surface area contributed by atoms with Gasteiger partial charge in [0.2, 0.25) is 0 Å². The molecule has 24 heavy (non-hydrogen) atoms. The third-order valence-electron chi connectivity index (χ3n) is 4.33. The topological polar surface area (TPSA) is 59.1 Å². The molecule has 0 saturated carbocycles. The van der Waals surface area contributed by atoms with Gasteiger partial charge >= 0.3 is 12.1 Å². The van der Waals surface area contributed by atoms with E-state index in [1.807, 2.05) is 30.3 Å². The lowest BCUT2D eigenvalue weighted by molar-refractivity contribution is -0.148. The summed E-state index contributed by atoms with van der Waals surface area (Å²) in [4.78, 5) is 27.5. The fourth-order valence-corrected chi connectivity index (χ4v) is 2.86. The van der Waals surface area contributed by atoms with E-state index in [2.05, 4.69) is 4.90 Å². The standard InChI is InChI=1S/C18H26N2O4/c1-19(18(22)24-14-15-8-4-3-5-9-15)12-13-20-11-7-6-10-16(20)17(21)23-2/h3-5,8-9,16H,6-7,10-14H2,1-2H3. The van der Waals surface area contributed by atoms with Crippen LogP contribution in [0.2, 0.25) is 0 Å². The molecule has 1 aromatic carbocycles. The van der Waals surface area contributed by atoms with E-state index in [9.17, 15) is 9.59 Å². The van der Waals surface area contributed by atoms with E-state index in [1.165, 1.54) is 7.11 Å². The van der Waals surface area contributed by atoms with Crippen LogP contribution in [-0.2, 0) is 20.9 Å². The average Bonchev–Trinajstić information content (AvgIpc) is 2.64. The second-order valence-corrected chi connectivity index (χ2v) is 6.03. The minimum Gasteiger partial charge on any atom is -0.468 e. The summed E-state index contributed by atoms with van der Waals surface area (Å²) in [5, 5.41) is 0. The first-order valence-electron chi connectivity index (χ1n) is 8.35. The van der Waals surface area contributed by atoms with Gasteiger partial charge in [0.05, 0.1) is 7.11 Å². The number of rotatable bonds is 6. The van der Waals surface area contributed by atoms with E-state index in [0.29, 0.717) is 13.1 Å². The number of hydrogen-bond acceptors (Lipinski definition) is 5. The van der Waals surface area contributed by atoms with Gasteiger partial charge in [0.15, 0.2) is 0 Å². The minimum atomic E-state index is -0.356. The molecular weight excluding hydrogens is 308 g/mol. The van der Waals surface area contributed by atoms with E-state index < -0.39 is 0 Å². The zero-order valence-corrected chi connectivity index (χ0v) is 14.4. The molecule has 2 rings (SSSR count). The summed E-state index contributed by atoms with van der Waals surface area (Å²) in [7, 11) is 3.13. The Morgan fingerprint density at radius 2 is 2.00 bits per heavy atom. The first-order valence-corrected chi connectivity index (χ1v) is 8.35. The summed E-state index contributed by atoms with van der Waals surface area (Å²) in [6.07, 6.45) is 2.56. The highest BCUT2D eigenvalue weighted by Gasteiger charge is 2.29. The monoisotopic (exact) mass is 334 g/mol. The largest absolute Gasteiger partial charge is 0.468 e. The second-order valence-electron chi connectivity index (χ2n) is 6.03. The van der Waals surface area contributed by atoms with Crippen LogP contribution in [0.4, 0.5) is 4.79 Å². The lowest BCUT2D eigenvalue weighted by Gasteiger charge is -2.34. The smallest absolute Gasteiger partial charge is 0.409 e. The van der Waals surface area contributed by atoms with Crippen LogP contribution in [0.15, 0.2) is 30.3 Å². The fourth-order valence-electron chi connectivity index (χ4n) is 2.86. The number of carbonyl (C=O) groups excluding carboxylic acids is 2. The minimum absolute atomic E-state index is 0.191. The van der Waals surface area contributed by atoms with Crippen LogP contribution in [0.3, 0.4) is 0 Å². The van der Waals surface area contributed by atoms with Gasteiger partial charge in [-0.3, -0.25) is 9.69 Å². The van der Waals surface area contributed by atoms with E-state index in [0.717, 1.165) is 31.4 Å². The number of carbonyl (C=O) groups is 2. The molecule has 1 aliphatic rings. The molecule has 6 heteroatoms. The number of methoxy groups -OCH3 is 1. The van der Waals surface area contributed by atoms with Crippen molar-refractivity contribution < 1.29 is 19.1 Å². The molecule has 132 valence electrons. The Labute approximate surface area is 143 Å². The third-order valence-corrected chi connectivity index (χ3v) is 4.33. The molecule has 0 spiro atoms. The van der Waals surface area contributed by atoms with Crippen molar-refractivity contribution in [2.75, 3.05) is 33.8 Å². The van der Waals surface area contributed by atoms with Gasteiger partial charge in [-0.1, -0.05) is 36.8 Å². The predicted molar refractivity (Wildman–Crippen MR) is 90.5 cm³/mol. The first-order chi connectivity index (χ1) is 11.6. The normalized spacial score (nSPS) is 18.0. The first kappa shape index (κ1) is 18.3. The molecule has 1 aromatic rings.